The molecule has 0 bridgehead atoms. The van der Waals surface area contributed by atoms with Crippen molar-refractivity contribution in [2.75, 3.05) is 16.8 Å². The Morgan fingerprint density at radius 3 is 3.06 bits per heavy atom. The number of nitrogens with one attached hydrogen (secondary N) is 1. The third-order valence-electron chi connectivity index (χ3n) is 2.34. The summed E-state index contributed by atoms with van der Waals surface area (Å²) in [6, 6.07) is 4.24. The van der Waals surface area contributed by atoms with Crippen LogP contribution in [0.2, 0.25) is 0 Å². The number of thiocarbonyl (C=S) groups is 1. The smallest absolute Gasteiger partial charge is 0.124 e. The molecular weight excluding hydrogens is 250 g/mol. The van der Waals surface area contributed by atoms with Crippen molar-refractivity contribution < 1.29 is 0 Å². The lowest BCUT2D eigenvalue weighted by Gasteiger charge is -2.16. The first-order valence-corrected chi connectivity index (χ1v) is 7.30. The third kappa shape index (κ3) is 4.91. The number of hydrogen-bond acceptors (Lipinski definition) is 4. The quantitative estimate of drug-likeness (QED) is 0.589. The SMILES string of the molecule is CCSCCC(C)Nc1cccnc1C(N)=S. The molecule has 0 aliphatic carbocycles. The standard InChI is InChI=1S/C12H19N3S2/c1-3-17-8-6-9(2)15-10-5-4-7-14-11(10)12(13)16/h4-5,7,9,15H,3,6,8H2,1-2H3,(H2,13,16). The van der Waals surface area contributed by atoms with E-state index in [1.165, 1.54) is 0 Å². The van der Waals surface area contributed by atoms with Gasteiger partial charge >= 0.3 is 0 Å². The molecule has 1 aromatic heterocycles. The second-order valence-electron chi connectivity index (χ2n) is 3.79. The Hall–Kier alpha value is -0.810. The molecule has 3 N–H and O–H groups in total. The number of rotatable bonds is 7. The van der Waals surface area contributed by atoms with Crippen molar-refractivity contribution in [1.82, 2.24) is 4.98 Å². The topological polar surface area (TPSA) is 50.9 Å². The van der Waals surface area contributed by atoms with Crippen molar-refractivity contribution in [3.63, 3.8) is 0 Å². The van der Waals surface area contributed by atoms with E-state index in [0.717, 1.165) is 23.6 Å². The highest BCUT2D eigenvalue weighted by molar-refractivity contribution is 7.99. The van der Waals surface area contributed by atoms with Crippen molar-refractivity contribution in [2.24, 2.45) is 5.73 Å². The van der Waals surface area contributed by atoms with Crippen LogP contribution < -0.4 is 11.1 Å². The number of aromatic nitrogens is 1. The van der Waals surface area contributed by atoms with E-state index >= 15 is 0 Å². The highest BCUT2D eigenvalue weighted by Crippen LogP contribution is 2.15. The second-order valence-corrected chi connectivity index (χ2v) is 5.63. The number of hydrogen-bond donors (Lipinski definition) is 2. The van der Waals surface area contributed by atoms with E-state index in [9.17, 15) is 0 Å². The first-order chi connectivity index (χ1) is 8.15. The Balaban J connectivity index is 2.58. The molecular formula is C12H19N3S2. The lowest BCUT2D eigenvalue weighted by molar-refractivity contribution is 0.770. The van der Waals surface area contributed by atoms with Crippen LogP contribution in [0.1, 0.15) is 26.0 Å². The molecule has 0 aliphatic rings. The fraction of sp³-hybridized carbons (Fsp3) is 0.500. The summed E-state index contributed by atoms with van der Waals surface area (Å²) in [6.45, 7) is 4.33. The zero-order valence-corrected chi connectivity index (χ0v) is 11.9. The molecule has 0 spiro atoms. The van der Waals surface area contributed by atoms with Gasteiger partial charge in [-0.1, -0.05) is 19.1 Å². The van der Waals surface area contributed by atoms with Crippen LogP contribution in [-0.4, -0.2) is 27.5 Å². The maximum absolute atomic E-state index is 5.64. The van der Waals surface area contributed by atoms with Gasteiger partial charge in [0.15, 0.2) is 0 Å². The van der Waals surface area contributed by atoms with E-state index in [1.807, 2.05) is 23.9 Å². The zero-order valence-electron chi connectivity index (χ0n) is 10.3. The molecule has 1 unspecified atom stereocenters. The van der Waals surface area contributed by atoms with Gasteiger partial charge in [0.2, 0.25) is 0 Å². The minimum atomic E-state index is 0.336. The number of nitrogens with two attached hydrogens (primary N) is 1. The first kappa shape index (κ1) is 14.3. The van der Waals surface area contributed by atoms with E-state index in [2.05, 4.69) is 24.1 Å². The fourth-order valence-electron chi connectivity index (χ4n) is 1.46. The van der Waals surface area contributed by atoms with Crippen LogP contribution >= 0.6 is 24.0 Å². The summed E-state index contributed by atoms with van der Waals surface area (Å²) in [7, 11) is 0. The maximum Gasteiger partial charge on any atom is 0.124 e. The van der Waals surface area contributed by atoms with Crippen LogP contribution in [0.5, 0.6) is 0 Å². The number of anilines is 1. The van der Waals surface area contributed by atoms with Crippen LogP contribution in [0.15, 0.2) is 18.3 Å². The van der Waals surface area contributed by atoms with E-state index in [1.54, 1.807) is 6.20 Å². The zero-order chi connectivity index (χ0) is 12.7. The summed E-state index contributed by atoms with van der Waals surface area (Å²) < 4.78 is 0. The third-order valence-corrected chi connectivity index (χ3v) is 3.47. The second kappa shape index (κ2) is 7.50. The normalized spacial score (nSPS) is 12.1. The van der Waals surface area contributed by atoms with Crippen molar-refractivity contribution in [2.45, 2.75) is 26.3 Å². The maximum atomic E-state index is 5.64. The molecule has 1 rings (SSSR count). The molecule has 5 heteroatoms. The monoisotopic (exact) mass is 269 g/mol. The van der Waals surface area contributed by atoms with Gasteiger partial charge in [0, 0.05) is 12.2 Å². The van der Waals surface area contributed by atoms with Crippen molar-refractivity contribution in [1.29, 1.82) is 0 Å². The predicted octanol–water partition coefficient (Wildman–Crippen LogP) is 2.66. The largest absolute Gasteiger partial charge is 0.388 e. The van der Waals surface area contributed by atoms with Gasteiger partial charge in [-0.15, -0.1) is 0 Å². The van der Waals surface area contributed by atoms with Crippen LogP contribution in [0, 0.1) is 0 Å². The lowest BCUT2D eigenvalue weighted by Crippen LogP contribution is -2.21. The molecule has 0 aliphatic heterocycles. The van der Waals surface area contributed by atoms with Gasteiger partial charge in [-0.05, 0) is 37.0 Å². The Labute approximate surface area is 113 Å². The highest BCUT2D eigenvalue weighted by Gasteiger charge is 2.08. The molecule has 1 aromatic rings. The minimum Gasteiger partial charge on any atom is -0.388 e. The molecule has 94 valence electrons. The molecule has 0 radical (unpaired) electrons. The van der Waals surface area contributed by atoms with Gasteiger partial charge in [-0.2, -0.15) is 11.8 Å². The van der Waals surface area contributed by atoms with Crippen LogP contribution in [0.25, 0.3) is 0 Å². The molecule has 0 fully saturated rings. The molecule has 0 saturated heterocycles. The number of nitrogens with zero attached hydrogens (tertiary/aromatic N) is 1. The van der Waals surface area contributed by atoms with Crippen molar-refractivity contribution in [3.05, 3.63) is 24.0 Å². The van der Waals surface area contributed by atoms with Gasteiger partial charge < -0.3 is 11.1 Å². The van der Waals surface area contributed by atoms with Gasteiger partial charge in [0.25, 0.3) is 0 Å². The molecule has 1 atom stereocenters. The summed E-state index contributed by atoms with van der Waals surface area (Å²) in [5.74, 6) is 2.32. The lowest BCUT2D eigenvalue weighted by atomic mass is 10.2. The van der Waals surface area contributed by atoms with Crippen LogP contribution in [-0.2, 0) is 0 Å². The number of pyridine rings is 1. The molecule has 0 amide bonds. The van der Waals surface area contributed by atoms with Crippen molar-refractivity contribution in [3.8, 4) is 0 Å². The van der Waals surface area contributed by atoms with Gasteiger partial charge in [-0.3, -0.25) is 4.98 Å². The van der Waals surface area contributed by atoms with Crippen LogP contribution in [0.4, 0.5) is 5.69 Å². The summed E-state index contributed by atoms with van der Waals surface area (Å²) in [5.41, 5.74) is 7.24. The average Bonchev–Trinajstić information content (AvgIpc) is 2.29. The molecule has 1 heterocycles. The number of thioether (sulfide) groups is 1. The van der Waals surface area contributed by atoms with Gasteiger partial charge in [0.05, 0.1) is 5.69 Å². The Morgan fingerprint density at radius 2 is 2.41 bits per heavy atom. The Bertz CT molecular complexity index is 369. The molecule has 0 saturated carbocycles. The molecule has 17 heavy (non-hydrogen) atoms. The van der Waals surface area contributed by atoms with Crippen molar-refractivity contribution >= 4 is 34.7 Å². The van der Waals surface area contributed by atoms with E-state index in [0.29, 0.717) is 16.7 Å². The summed E-state index contributed by atoms with van der Waals surface area (Å²) in [5, 5.41) is 3.41. The minimum absolute atomic E-state index is 0.336. The first-order valence-electron chi connectivity index (χ1n) is 5.74. The summed E-state index contributed by atoms with van der Waals surface area (Å²) in [6.07, 6.45) is 2.82. The van der Waals surface area contributed by atoms with E-state index in [4.69, 9.17) is 18.0 Å². The van der Waals surface area contributed by atoms with Gasteiger partial charge in [0.1, 0.15) is 10.7 Å². The average molecular weight is 269 g/mol. The van der Waals surface area contributed by atoms with Gasteiger partial charge in [-0.25, -0.2) is 0 Å². The Kier molecular flexibility index (Phi) is 6.29. The van der Waals surface area contributed by atoms with E-state index in [-0.39, 0.29) is 0 Å². The highest BCUT2D eigenvalue weighted by atomic mass is 32.2. The predicted molar refractivity (Wildman–Crippen MR) is 80.8 cm³/mol. The van der Waals surface area contributed by atoms with E-state index < -0.39 is 0 Å². The van der Waals surface area contributed by atoms with Crippen LogP contribution in [0.3, 0.4) is 0 Å². The fourth-order valence-corrected chi connectivity index (χ4v) is 2.43. The summed E-state index contributed by atoms with van der Waals surface area (Å²) in [4.78, 5) is 4.53. The Morgan fingerprint density at radius 1 is 1.65 bits per heavy atom. The molecule has 3 nitrogen and oxygen atoms in total. The molecule has 0 aromatic carbocycles. The summed E-state index contributed by atoms with van der Waals surface area (Å²) >= 11 is 6.93.